The number of ether oxygens (including phenoxy) is 1. The molecule has 0 aliphatic rings. The van der Waals surface area contributed by atoms with Crippen molar-refractivity contribution in [3.05, 3.63) is 43.0 Å². The minimum absolute atomic E-state index is 0.121. The summed E-state index contributed by atoms with van der Waals surface area (Å²) in [6.45, 7) is -2.89. The quantitative estimate of drug-likeness (QED) is 0.632. The van der Waals surface area contributed by atoms with Gasteiger partial charge in [0.25, 0.3) is 0 Å². The average Bonchev–Trinajstić information content (AvgIpc) is 3.11. The fourth-order valence-electron chi connectivity index (χ4n) is 2.37. The first-order valence-electron chi connectivity index (χ1n) is 6.43. The summed E-state index contributed by atoms with van der Waals surface area (Å²) >= 11 is 0. The molecule has 0 fully saturated rings. The molecule has 0 amide bonds. The Hall–Kier alpha value is -3.03. The maximum absolute atomic E-state index is 12.2. The number of alkyl halides is 2. The number of aromatic amines is 1. The van der Waals surface area contributed by atoms with Gasteiger partial charge in [0.1, 0.15) is 12.0 Å². The van der Waals surface area contributed by atoms with Crippen molar-refractivity contribution in [3.63, 3.8) is 0 Å². The van der Waals surface area contributed by atoms with E-state index in [2.05, 4.69) is 24.8 Å². The Kier molecular flexibility index (Phi) is 2.75. The number of aromatic nitrogens is 5. The number of rotatable bonds is 3. The number of pyridine rings is 2. The van der Waals surface area contributed by atoms with E-state index in [1.165, 1.54) is 12.4 Å². The van der Waals surface area contributed by atoms with Crippen LogP contribution in [-0.2, 0) is 0 Å². The largest absolute Gasteiger partial charge is 0.417 e. The van der Waals surface area contributed by atoms with E-state index in [4.69, 9.17) is 0 Å². The van der Waals surface area contributed by atoms with Gasteiger partial charge in [0.05, 0.1) is 0 Å². The molecule has 0 aromatic carbocycles. The molecule has 0 atom stereocenters. The number of H-pyrrole nitrogens is 1. The second kappa shape index (κ2) is 4.76. The van der Waals surface area contributed by atoms with E-state index >= 15 is 0 Å². The van der Waals surface area contributed by atoms with E-state index in [0.717, 1.165) is 22.2 Å². The molecule has 0 aliphatic carbocycles. The molecule has 0 spiro atoms. The third kappa shape index (κ3) is 2.05. The zero-order chi connectivity index (χ0) is 15.1. The summed E-state index contributed by atoms with van der Waals surface area (Å²) in [7, 11) is 0. The lowest BCUT2D eigenvalue weighted by molar-refractivity contribution is -0.0526. The van der Waals surface area contributed by atoms with Crippen molar-refractivity contribution >= 4 is 16.7 Å². The average molecular weight is 301 g/mol. The maximum atomic E-state index is 12.2. The van der Waals surface area contributed by atoms with Gasteiger partial charge >= 0.3 is 6.61 Å². The monoisotopic (exact) mass is 301 g/mol. The molecular weight excluding hydrogens is 292 g/mol. The highest BCUT2D eigenvalue weighted by atomic mass is 19.3. The fourth-order valence-corrected chi connectivity index (χ4v) is 2.37. The predicted molar refractivity (Wildman–Crippen MR) is 74.7 cm³/mol. The van der Waals surface area contributed by atoms with Crippen LogP contribution < -0.4 is 4.74 Å². The van der Waals surface area contributed by atoms with Crippen LogP contribution in [0.25, 0.3) is 27.8 Å². The number of hydrogen-bond acceptors (Lipinski definition) is 4. The maximum Gasteiger partial charge on any atom is 0.388 e. The van der Waals surface area contributed by atoms with Crippen molar-refractivity contribution < 1.29 is 13.5 Å². The lowest BCUT2D eigenvalue weighted by Gasteiger charge is -2.03. The summed E-state index contributed by atoms with van der Waals surface area (Å²) in [5, 5.41) is 4.85. The number of halogens is 2. The van der Waals surface area contributed by atoms with Gasteiger partial charge in [0.15, 0.2) is 5.65 Å². The van der Waals surface area contributed by atoms with Crippen LogP contribution in [0.2, 0.25) is 0 Å². The highest BCUT2D eigenvalue weighted by Gasteiger charge is 2.11. The number of nitrogens with one attached hydrogen (secondary N) is 1. The van der Waals surface area contributed by atoms with Crippen molar-refractivity contribution in [2.75, 3.05) is 0 Å². The molecule has 4 rings (SSSR count). The van der Waals surface area contributed by atoms with E-state index in [1.807, 2.05) is 12.1 Å². The van der Waals surface area contributed by atoms with Crippen molar-refractivity contribution in [1.82, 2.24) is 24.6 Å². The van der Waals surface area contributed by atoms with Crippen LogP contribution in [0, 0.1) is 0 Å². The lowest BCUT2D eigenvalue weighted by Crippen LogP contribution is -2.03. The van der Waals surface area contributed by atoms with Gasteiger partial charge in [-0.1, -0.05) is 0 Å². The summed E-state index contributed by atoms with van der Waals surface area (Å²) in [5.41, 5.74) is 3.03. The molecular formula is C14H9F2N5O. The van der Waals surface area contributed by atoms with Gasteiger partial charge in [-0.3, -0.25) is 0 Å². The lowest BCUT2D eigenvalue weighted by atomic mass is 10.1. The molecule has 8 heteroatoms. The third-order valence-corrected chi connectivity index (χ3v) is 3.31. The van der Waals surface area contributed by atoms with Gasteiger partial charge in [0, 0.05) is 29.4 Å². The molecule has 0 aliphatic heterocycles. The molecule has 4 aromatic rings. The van der Waals surface area contributed by atoms with Crippen molar-refractivity contribution in [2.24, 2.45) is 0 Å². The molecule has 4 aromatic heterocycles. The van der Waals surface area contributed by atoms with Crippen LogP contribution in [0.5, 0.6) is 5.88 Å². The molecule has 0 unspecified atom stereocenters. The Morgan fingerprint density at radius 2 is 2.14 bits per heavy atom. The van der Waals surface area contributed by atoms with Crippen LogP contribution in [0.15, 0.2) is 43.0 Å². The first kappa shape index (κ1) is 12.7. The second-order valence-corrected chi connectivity index (χ2v) is 4.60. The summed E-state index contributed by atoms with van der Waals surface area (Å²) in [5.74, 6) is -0.121. The van der Waals surface area contributed by atoms with E-state index in [9.17, 15) is 8.78 Å². The minimum atomic E-state index is -2.89. The first-order valence-corrected chi connectivity index (χ1v) is 6.43. The molecule has 0 bridgehead atoms. The first-order chi connectivity index (χ1) is 10.7. The van der Waals surface area contributed by atoms with E-state index in [-0.39, 0.29) is 5.88 Å². The van der Waals surface area contributed by atoms with Crippen LogP contribution in [0.4, 0.5) is 8.78 Å². The summed E-state index contributed by atoms with van der Waals surface area (Å²) in [6, 6.07) is 6.90. The Bertz CT molecular complexity index is 962. The topological polar surface area (TPSA) is 68.1 Å². The van der Waals surface area contributed by atoms with Gasteiger partial charge in [-0.2, -0.15) is 18.9 Å². The standard InChI is InChI=1S/C14H9F2N5O/c15-14(16)22-12-2-1-9-10(6-17-13(9)20-12)8-3-4-21-11(5-8)18-7-19-21/h1-7,14H,(H,17,20). The minimum Gasteiger partial charge on any atom is -0.417 e. The van der Waals surface area contributed by atoms with Crippen molar-refractivity contribution in [3.8, 4) is 17.0 Å². The molecule has 0 saturated carbocycles. The van der Waals surface area contributed by atoms with Crippen molar-refractivity contribution in [1.29, 1.82) is 0 Å². The molecule has 1 N–H and O–H groups in total. The molecule has 6 nitrogen and oxygen atoms in total. The zero-order valence-electron chi connectivity index (χ0n) is 11.1. The summed E-state index contributed by atoms with van der Waals surface area (Å²) in [6.07, 6.45) is 5.05. The predicted octanol–water partition coefficient (Wildman–Crippen LogP) is 2.87. The SMILES string of the molecule is FC(F)Oc1ccc2c(-c3ccn4ncnc4c3)c[nH]c2n1. The molecule has 0 saturated heterocycles. The van der Waals surface area contributed by atoms with E-state index < -0.39 is 6.61 Å². The Morgan fingerprint density at radius 1 is 1.23 bits per heavy atom. The van der Waals surface area contributed by atoms with Gasteiger partial charge in [0.2, 0.25) is 5.88 Å². The molecule has 110 valence electrons. The third-order valence-electron chi connectivity index (χ3n) is 3.31. The van der Waals surface area contributed by atoms with Gasteiger partial charge < -0.3 is 9.72 Å². The van der Waals surface area contributed by atoms with Crippen LogP contribution >= 0.6 is 0 Å². The number of nitrogens with zero attached hydrogens (tertiary/aromatic N) is 4. The van der Waals surface area contributed by atoms with Gasteiger partial charge in [-0.05, 0) is 23.8 Å². The van der Waals surface area contributed by atoms with E-state index in [0.29, 0.717) is 5.65 Å². The van der Waals surface area contributed by atoms with Crippen LogP contribution in [0.3, 0.4) is 0 Å². The van der Waals surface area contributed by atoms with Crippen molar-refractivity contribution in [2.45, 2.75) is 6.61 Å². The van der Waals surface area contributed by atoms with Crippen LogP contribution in [0.1, 0.15) is 0 Å². The highest BCUT2D eigenvalue weighted by molar-refractivity contribution is 5.94. The zero-order valence-corrected chi connectivity index (χ0v) is 11.1. The summed E-state index contributed by atoms with van der Waals surface area (Å²) < 4.78 is 30.4. The second-order valence-electron chi connectivity index (χ2n) is 4.60. The van der Waals surface area contributed by atoms with Crippen LogP contribution in [-0.4, -0.2) is 31.2 Å². The Morgan fingerprint density at radius 3 is 3.00 bits per heavy atom. The van der Waals surface area contributed by atoms with Gasteiger partial charge in [-0.25, -0.2) is 9.50 Å². The summed E-state index contributed by atoms with van der Waals surface area (Å²) in [4.78, 5) is 11.1. The molecule has 4 heterocycles. The number of hydrogen-bond donors (Lipinski definition) is 1. The van der Waals surface area contributed by atoms with E-state index in [1.54, 1.807) is 23.0 Å². The Balaban J connectivity index is 1.81. The fraction of sp³-hybridized carbons (Fsp3) is 0.0714. The molecule has 0 radical (unpaired) electrons. The number of fused-ring (bicyclic) bond motifs is 2. The Labute approximate surface area is 122 Å². The molecule has 22 heavy (non-hydrogen) atoms. The normalized spacial score (nSPS) is 11.6. The highest BCUT2D eigenvalue weighted by Crippen LogP contribution is 2.29. The van der Waals surface area contributed by atoms with Gasteiger partial charge in [-0.15, -0.1) is 0 Å². The smallest absolute Gasteiger partial charge is 0.388 e.